The van der Waals surface area contributed by atoms with Crippen LogP contribution >= 0.6 is 0 Å². The van der Waals surface area contributed by atoms with Gasteiger partial charge in [-0.05, 0) is 44.0 Å². The lowest BCUT2D eigenvalue weighted by atomic mass is 10.0. The van der Waals surface area contributed by atoms with Crippen LogP contribution in [0, 0.1) is 5.92 Å². The van der Waals surface area contributed by atoms with Gasteiger partial charge in [-0.15, -0.1) is 0 Å². The molecule has 1 aliphatic rings. The first-order valence-corrected chi connectivity index (χ1v) is 9.81. The Morgan fingerprint density at radius 1 is 1.07 bits per heavy atom. The maximum Gasteiger partial charge on any atom is 0.433 e. The molecular formula is C21H28F3N3. The molecular weight excluding hydrogens is 351 g/mol. The minimum Gasteiger partial charge on any atom is -0.383 e. The fourth-order valence-electron chi connectivity index (χ4n) is 3.89. The molecule has 1 atom stereocenters. The zero-order valence-electron chi connectivity index (χ0n) is 16.0. The van der Waals surface area contributed by atoms with E-state index in [4.69, 9.17) is 0 Å². The molecule has 0 saturated carbocycles. The summed E-state index contributed by atoms with van der Waals surface area (Å²) in [5.41, 5.74) is 0.0265. The summed E-state index contributed by atoms with van der Waals surface area (Å²) in [6, 6.07) is 8.43. The van der Waals surface area contributed by atoms with Crippen LogP contribution in [0.1, 0.15) is 45.2 Å². The first kappa shape index (κ1) is 19.9. The van der Waals surface area contributed by atoms with Crippen LogP contribution in [0.2, 0.25) is 0 Å². The number of benzene rings is 1. The zero-order valence-corrected chi connectivity index (χ0v) is 16.0. The molecule has 1 aromatic heterocycles. The number of para-hydroxylation sites is 1. The normalized spacial score (nSPS) is 17.9. The number of alkyl halides is 3. The summed E-state index contributed by atoms with van der Waals surface area (Å²) in [7, 11) is 0. The second-order valence-corrected chi connectivity index (χ2v) is 7.71. The van der Waals surface area contributed by atoms with Gasteiger partial charge in [-0.25, -0.2) is 4.98 Å². The van der Waals surface area contributed by atoms with Crippen LogP contribution in [0.25, 0.3) is 10.9 Å². The number of anilines is 1. The third-order valence-electron chi connectivity index (χ3n) is 5.39. The molecule has 27 heavy (non-hydrogen) atoms. The SMILES string of the molecule is CC(C)C(CNc1cc(C(F)(F)F)nc2ccccc12)N1CCCCCC1. The van der Waals surface area contributed by atoms with Crippen molar-refractivity contribution in [2.45, 2.75) is 51.7 Å². The van der Waals surface area contributed by atoms with Crippen molar-refractivity contribution in [3.05, 3.63) is 36.0 Å². The highest BCUT2D eigenvalue weighted by atomic mass is 19.4. The lowest BCUT2D eigenvalue weighted by molar-refractivity contribution is -0.140. The molecule has 3 rings (SSSR count). The summed E-state index contributed by atoms with van der Waals surface area (Å²) in [6.07, 6.45) is 0.458. The fraction of sp³-hybridized carbons (Fsp3) is 0.571. The third-order valence-corrected chi connectivity index (χ3v) is 5.39. The number of nitrogens with one attached hydrogen (secondary N) is 1. The van der Waals surface area contributed by atoms with Gasteiger partial charge in [0.15, 0.2) is 0 Å². The van der Waals surface area contributed by atoms with Crippen LogP contribution in [-0.4, -0.2) is 35.6 Å². The molecule has 0 aliphatic carbocycles. The third kappa shape index (κ3) is 4.92. The van der Waals surface area contributed by atoms with E-state index in [1.807, 2.05) is 12.1 Å². The Kier molecular flexibility index (Phi) is 6.25. The van der Waals surface area contributed by atoms with Crippen molar-refractivity contribution in [1.29, 1.82) is 0 Å². The van der Waals surface area contributed by atoms with Crippen LogP contribution in [0.4, 0.5) is 18.9 Å². The molecule has 1 unspecified atom stereocenters. The quantitative estimate of drug-likeness (QED) is 0.736. The Morgan fingerprint density at radius 3 is 2.37 bits per heavy atom. The number of pyridine rings is 1. The number of hydrogen-bond acceptors (Lipinski definition) is 3. The highest BCUT2D eigenvalue weighted by Gasteiger charge is 2.33. The lowest BCUT2D eigenvalue weighted by Gasteiger charge is -2.34. The van der Waals surface area contributed by atoms with Gasteiger partial charge < -0.3 is 5.32 Å². The van der Waals surface area contributed by atoms with Crippen molar-refractivity contribution in [2.24, 2.45) is 5.92 Å². The molecule has 0 amide bonds. The summed E-state index contributed by atoms with van der Waals surface area (Å²) in [6.45, 7) is 7.12. The van der Waals surface area contributed by atoms with Gasteiger partial charge in [0.05, 0.1) is 5.52 Å². The van der Waals surface area contributed by atoms with Gasteiger partial charge in [-0.3, -0.25) is 4.90 Å². The first-order chi connectivity index (χ1) is 12.9. The summed E-state index contributed by atoms with van der Waals surface area (Å²) in [5.74, 6) is 0.422. The number of likely N-dealkylation sites (tertiary alicyclic amines) is 1. The van der Waals surface area contributed by atoms with E-state index in [0.29, 0.717) is 29.7 Å². The van der Waals surface area contributed by atoms with E-state index < -0.39 is 11.9 Å². The molecule has 2 heterocycles. The molecule has 1 aromatic carbocycles. The van der Waals surface area contributed by atoms with E-state index in [9.17, 15) is 13.2 Å². The van der Waals surface area contributed by atoms with E-state index in [1.165, 1.54) is 25.7 Å². The minimum atomic E-state index is -4.46. The Hall–Kier alpha value is -1.82. The van der Waals surface area contributed by atoms with Gasteiger partial charge in [0.1, 0.15) is 5.69 Å². The average molecular weight is 379 g/mol. The summed E-state index contributed by atoms with van der Waals surface area (Å²) < 4.78 is 39.8. The topological polar surface area (TPSA) is 28.2 Å². The van der Waals surface area contributed by atoms with Gasteiger partial charge in [0, 0.05) is 23.7 Å². The van der Waals surface area contributed by atoms with Crippen molar-refractivity contribution in [1.82, 2.24) is 9.88 Å². The van der Waals surface area contributed by atoms with Crippen molar-refractivity contribution < 1.29 is 13.2 Å². The number of aromatic nitrogens is 1. The molecule has 0 radical (unpaired) electrons. The molecule has 148 valence electrons. The standard InChI is InChI=1S/C21H28F3N3/c1-15(2)19(27-11-7-3-4-8-12-27)14-25-18-13-20(21(22,23)24)26-17-10-6-5-9-16(17)18/h5-6,9-10,13,15,19H,3-4,7-8,11-12,14H2,1-2H3,(H,25,26). The maximum absolute atomic E-state index is 13.3. The van der Waals surface area contributed by atoms with Crippen LogP contribution < -0.4 is 5.32 Å². The molecule has 1 fully saturated rings. The largest absolute Gasteiger partial charge is 0.433 e. The smallest absolute Gasteiger partial charge is 0.383 e. The highest BCUT2D eigenvalue weighted by molar-refractivity contribution is 5.91. The Balaban J connectivity index is 1.85. The van der Waals surface area contributed by atoms with E-state index in [1.54, 1.807) is 12.1 Å². The van der Waals surface area contributed by atoms with Crippen molar-refractivity contribution in [3.8, 4) is 0 Å². The summed E-state index contributed by atoms with van der Waals surface area (Å²) >= 11 is 0. The van der Waals surface area contributed by atoms with Crippen molar-refractivity contribution >= 4 is 16.6 Å². The molecule has 2 aromatic rings. The second kappa shape index (κ2) is 8.46. The molecule has 1 aliphatic heterocycles. The van der Waals surface area contributed by atoms with E-state index >= 15 is 0 Å². The average Bonchev–Trinajstić information content (AvgIpc) is 2.90. The van der Waals surface area contributed by atoms with E-state index in [2.05, 4.69) is 29.0 Å². The molecule has 3 nitrogen and oxygen atoms in total. The van der Waals surface area contributed by atoms with E-state index in [-0.39, 0.29) is 0 Å². The lowest BCUT2D eigenvalue weighted by Crippen LogP contribution is -2.44. The van der Waals surface area contributed by atoms with Crippen LogP contribution in [0.5, 0.6) is 0 Å². The molecule has 1 N–H and O–H groups in total. The van der Waals surface area contributed by atoms with Gasteiger partial charge in [0.2, 0.25) is 0 Å². The number of rotatable bonds is 5. The Morgan fingerprint density at radius 2 is 1.74 bits per heavy atom. The number of hydrogen-bond donors (Lipinski definition) is 1. The van der Waals surface area contributed by atoms with Gasteiger partial charge in [-0.1, -0.05) is 44.9 Å². The van der Waals surface area contributed by atoms with Crippen LogP contribution in [-0.2, 0) is 6.18 Å². The predicted molar refractivity (Wildman–Crippen MR) is 104 cm³/mol. The number of halogens is 3. The second-order valence-electron chi connectivity index (χ2n) is 7.71. The highest BCUT2D eigenvalue weighted by Crippen LogP contribution is 2.33. The monoisotopic (exact) mass is 379 g/mol. The maximum atomic E-state index is 13.3. The van der Waals surface area contributed by atoms with E-state index in [0.717, 1.165) is 24.5 Å². The Labute approximate surface area is 159 Å². The van der Waals surface area contributed by atoms with Gasteiger partial charge in [0.25, 0.3) is 0 Å². The van der Waals surface area contributed by atoms with Crippen molar-refractivity contribution in [3.63, 3.8) is 0 Å². The molecule has 1 saturated heterocycles. The Bertz CT molecular complexity index is 750. The van der Waals surface area contributed by atoms with Crippen molar-refractivity contribution in [2.75, 3.05) is 25.0 Å². The number of fused-ring (bicyclic) bond motifs is 1. The summed E-state index contributed by atoms with van der Waals surface area (Å²) in [4.78, 5) is 6.29. The number of nitrogens with zero attached hydrogens (tertiary/aromatic N) is 2. The minimum absolute atomic E-state index is 0.296. The predicted octanol–water partition coefficient (Wildman–Crippen LogP) is 5.57. The van der Waals surface area contributed by atoms with Crippen LogP contribution in [0.15, 0.2) is 30.3 Å². The van der Waals surface area contributed by atoms with Gasteiger partial charge in [-0.2, -0.15) is 13.2 Å². The molecule has 6 heteroatoms. The first-order valence-electron chi connectivity index (χ1n) is 9.81. The molecule has 0 bridgehead atoms. The fourth-order valence-corrected chi connectivity index (χ4v) is 3.89. The van der Waals surface area contributed by atoms with Gasteiger partial charge >= 0.3 is 6.18 Å². The van der Waals surface area contributed by atoms with Crippen LogP contribution in [0.3, 0.4) is 0 Å². The summed E-state index contributed by atoms with van der Waals surface area (Å²) in [5, 5.41) is 4.04. The zero-order chi connectivity index (χ0) is 19.4. The molecule has 0 spiro atoms.